The van der Waals surface area contributed by atoms with E-state index in [1.807, 2.05) is 66.2 Å². The van der Waals surface area contributed by atoms with Crippen LogP contribution in [0.15, 0.2) is 59.1 Å². The van der Waals surface area contributed by atoms with E-state index in [1.165, 1.54) is 0 Å². The Morgan fingerprint density at radius 3 is 2.40 bits per heavy atom. The number of fused-ring (bicyclic) bond motifs is 1. The minimum Gasteiger partial charge on any atom is -0.350 e. The van der Waals surface area contributed by atoms with Crippen LogP contribution in [0.4, 0.5) is 0 Å². The van der Waals surface area contributed by atoms with Gasteiger partial charge >= 0.3 is 0 Å². The summed E-state index contributed by atoms with van der Waals surface area (Å²) < 4.78 is 2.55. The van der Waals surface area contributed by atoms with E-state index in [4.69, 9.17) is 0 Å². The molecule has 0 aliphatic carbocycles. The van der Waals surface area contributed by atoms with Crippen LogP contribution < -0.4 is 10.6 Å². The third-order valence-corrected chi connectivity index (χ3v) is 4.81. The first-order valence-electron chi connectivity index (χ1n) is 7.89. The van der Waals surface area contributed by atoms with Gasteiger partial charge in [0.25, 0.3) is 5.91 Å². The molecule has 0 atom stereocenters. The van der Waals surface area contributed by atoms with Crippen molar-refractivity contribution in [3.05, 3.63) is 70.3 Å². The van der Waals surface area contributed by atoms with Crippen molar-refractivity contribution in [3.8, 4) is 0 Å². The molecule has 0 aliphatic rings. The van der Waals surface area contributed by atoms with Gasteiger partial charge in [0.2, 0.25) is 5.91 Å². The summed E-state index contributed by atoms with van der Waals surface area (Å²) in [7, 11) is 1.83. The van der Waals surface area contributed by atoms with Crippen LogP contribution in [0.1, 0.15) is 16.1 Å². The van der Waals surface area contributed by atoms with E-state index in [0.29, 0.717) is 12.2 Å². The molecule has 1 aromatic heterocycles. The van der Waals surface area contributed by atoms with Crippen molar-refractivity contribution in [1.82, 2.24) is 15.2 Å². The van der Waals surface area contributed by atoms with E-state index in [-0.39, 0.29) is 18.4 Å². The molecular weight excluding hydrogens is 382 g/mol. The van der Waals surface area contributed by atoms with E-state index in [0.717, 1.165) is 20.9 Å². The van der Waals surface area contributed by atoms with Crippen LogP contribution in [0.2, 0.25) is 0 Å². The van der Waals surface area contributed by atoms with E-state index in [1.54, 1.807) is 0 Å². The predicted octanol–water partition coefficient (Wildman–Crippen LogP) is 2.99. The summed E-state index contributed by atoms with van der Waals surface area (Å²) in [6.45, 7) is 0.368. The lowest BCUT2D eigenvalue weighted by atomic mass is 10.2. The maximum Gasteiger partial charge on any atom is 0.269 e. The van der Waals surface area contributed by atoms with Gasteiger partial charge in [-0.25, -0.2) is 0 Å². The molecule has 5 nitrogen and oxygen atoms in total. The molecule has 3 aromatic rings. The molecule has 2 aromatic carbocycles. The number of nitrogens with one attached hydrogen (secondary N) is 2. The first-order chi connectivity index (χ1) is 12.1. The average molecular weight is 400 g/mol. The van der Waals surface area contributed by atoms with E-state index in [2.05, 4.69) is 26.6 Å². The molecule has 2 amide bonds. The van der Waals surface area contributed by atoms with Crippen LogP contribution in [0.3, 0.4) is 0 Å². The van der Waals surface area contributed by atoms with Crippen molar-refractivity contribution in [2.24, 2.45) is 7.05 Å². The molecule has 1 heterocycles. The molecule has 0 spiro atoms. The van der Waals surface area contributed by atoms with Crippen LogP contribution in [0.5, 0.6) is 0 Å². The summed E-state index contributed by atoms with van der Waals surface area (Å²) >= 11 is 3.49. The number of carbonyl (C=O) groups is 2. The van der Waals surface area contributed by atoms with Crippen molar-refractivity contribution >= 4 is 38.6 Å². The quantitative estimate of drug-likeness (QED) is 0.692. The molecule has 0 aliphatic heterocycles. The SMILES string of the molecule is Cn1c(C(=O)NCC(=O)NCc2ccccc2)c(Br)c2ccccc21. The second kappa shape index (κ2) is 7.53. The Kier molecular flexibility index (Phi) is 5.19. The van der Waals surface area contributed by atoms with E-state index >= 15 is 0 Å². The molecule has 6 heteroatoms. The molecule has 0 saturated heterocycles. The lowest BCUT2D eigenvalue weighted by Crippen LogP contribution is -2.37. The fourth-order valence-electron chi connectivity index (χ4n) is 2.70. The number of amides is 2. The zero-order valence-corrected chi connectivity index (χ0v) is 15.3. The number of hydrogen-bond donors (Lipinski definition) is 2. The standard InChI is InChI=1S/C19H18BrN3O2/c1-23-15-10-6-5-9-14(15)17(20)18(23)19(25)22-12-16(24)21-11-13-7-3-2-4-8-13/h2-10H,11-12H2,1H3,(H,21,24)(H,22,25). The van der Waals surface area contributed by atoms with Gasteiger partial charge < -0.3 is 15.2 Å². The number of hydrogen-bond acceptors (Lipinski definition) is 2. The van der Waals surface area contributed by atoms with Crippen LogP contribution in [0, 0.1) is 0 Å². The molecule has 3 rings (SSSR count). The van der Waals surface area contributed by atoms with Crippen LogP contribution >= 0.6 is 15.9 Å². The molecule has 0 unspecified atom stereocenters. The third-order valence-electron chi connectivity index (χ3n) is 4.00. The van der Waals surface area contributed by atoms with E-state index in [9.17, 15) is 9.59 Å². The highest BCUT2D eigenvalue weighted by Crippen LogP contribution is 2.29. The summed E-state index contributed by atoms with van der Waals surface area (Å²) in [6, 6.07) is 17.4. The van der Waals surface area contributed by atoms with Gasteiger partial charge in [-0.2, -0.15) is 0 Å². The van der Waals surface area contributed by atoms with Gasteiger partial charge in [0.15, 0.2) is 0 Å². The largest absolute Gasteiger partial charge is 0.350 e. The number of aryl methyl sites for hydroxylation is 1. The summed E-state index contributed by atoms with van der Waals surface area (Å²) in [6.07, 6.45) is 0. The minimum absolute atomic E-state index is 0.0698. The summed E-state index contributed by atoms with van der Waals surface area (Å²) in [5.41, 5.74) is 2.46. The van der Waals surface area contributed by atoms with E-state index < -0.39 is 0 Å². The minimum atomic E-state index is -0.291. The van der Waals surface area contributed by atoms with Gasteiger partial charge in [0, 0.05) is 24.5 Å². The van der Waals surface area contributed by atoms with Crippen LogP contribution in [0.25, 0.3) is 10.9 Å². The smallest absolute Gasteiger partial charge is 0.269 e. The van der Waals surface area contributed by atoms with Crippen LogP contribution in [-0.2, 0) is 18.4 Å². The highest BCUT2D eigenvalue weighted by molar-refractivity contribution is 9.10. The number of halogens is 1. The fourth-order valence-corrected chi connectivity index (χ4v) is 3.48. The topological polar surface area (TPSA) is 63.1 Å². The molecule has 25 heavy (non-hydrogen) atoms. The predicted molar refractivity (Wildman–Crippen MR) is 101 cm³/mol. The Bertz CT molecular complexity index is 880. The van der Waals surface area contributed by atoms with Gasteiger partial charge in [-0.15, -0.1) is 0 Å². The highest BCUT2D eigenvalue weighted by Gasteiger charge is 2.19. The summed E-state index contributed by atoms with van der Waals surface area (Å²) in [5.74, 6) is -0.521. The Morgan fingerprint density at radius 1 is 1.00 bits per heavy atom. The molecule has 0 saturated carbocycles. The molecule has 0 radical (unpaired) electrons. The normalized spacial score (nSPS) is 10.6. The van der Waals surface area contributed by atoms with Gasteiger partial charge in [0.1, 0.15) is 5.69 Å². The third kappa shape index (κ3) is 3.74. The maximum absolute atomic E-state index is 12.5. The second-order valence-corrected chi connectivity index (χ2v) is 6.48. The van der Waals surface area contributed by atoms with Gasteiger partial charge in [-0.3, -0.25) is 9.59 Å². The lowest BCUT2D eigenvalue weighted by molar-refractivity contribution is -0.120. The van der Waals surface area contributed by atoms with Crippen molar-refractivity contribution < 1.29 is 9.59 Å². The molecular formula is C19H18BrN3O2. The van der Waals surface area contributed by atoms with Gasteiger partial charge in [-0.05, 0) is 27.6 Å². The first kappa shape index (κ1) is 17.2. The number of rotatable bonds is 5. The van der Waals surface area contributed by atoms with Gasteiger partial charge in [0.05, 0.1) is 11.0 Å². The fraction of sp³-hybridized carbons (Fsp3) is 0.158. The maximum atomic E-state index is 12.5. The molecule has 0 bridgehead atoms. The number of nitrogens with zero attached hydrogens (tertiary/aromatic N) is 1. The molecule has 0 fully saturated rings. The summed E-state index contributed by atoms with van der Waals surface area (Å²) in [5, 5.41) is 6.43. The number of benzene rings is 2. The second-order valence-electron chi connectivity index (χ2n) is 5.68. The zero-order chi connectivity index (χ0) is 17.8. The average Bonchev–Trinajstić information content (AvgIpc) is 2.90. The Labute approximate surface area is 154 Å². The number of para-hydroxylation sites is 1. The zero-order valence-electron chi connectivity index (χ0n) is 13.8. The number of aromatic nitrogens is 1. The van der Waals surface area contributed by atoms with Crippen LogP contribution in [-0.4, -0.2) is 22.9 Å². The Hall–Kier alpha value is -2.60. The molecule has 128 valence electrons. The number of carbonyl (C=O) groups excluding carboxylic acids is 2. The van der Waals surface area contributed by atoms with Gasteiger partial charge in [-0.1, -0.05) is 48.5 Å². The van der Waals surface area contributed by atoms with Crippen molar-refractivity contribution in [2.75, 3.05) is 6.54 Å². The summed E-state index contributed by atoms with van der Waals surface area (Å²) in [4.78, 5) is 24.4. The van der Waals surface area contributed by atoms with Crippen molar-refractivity contribution in [1.29, 1.82) is 0 Å². The van der Waals surface area contributed by atoms with Crippen molar-refractivity contribution in [3.63, 3.8) is 0 Å². The first-order valence-corrected chi connectivity index (χ1v) is 8.69. The monoisotopic (exact) mass is 399 g/mol. The van der Waals surface area contributed by atoms with Crippen molar-refractivity contribution in [2.45, 2.75) is 6.54 Å². The lowest BCUT2D eigenvalue weighted by Gasteiger charge is -2.08. The highest BCUT2D eigenvalue weighted by atomic mass is 79.9. The molecule has 2 N–H and O–H groups in total. The Balaban J connectivity index is 1.62. The Morgan fingerprint density at radius 2 is 1.68 bits per heavy atom.